The van der Waals surface area contributed by atoms with Gasteiger partial charge in [0.15, 0.2) is 17.7 Å². The molecule has 0 radical (unpaired) electrons. The number of amides is 1. The molecular formula is C23H19FN2O6. The Labute approximate surface area is 182 Å². The number of hydrogen-bond acceptors (Lipinski definition) is 6. The molecule has 9 heteroatoms. The van der Waals surface area contributed by atoms with E-state index in [2.05, 4.69) is 10.3 Å². The van der Waals surface area contributed by atoms with Gasteiger partial charge in [-0.1, -0.05) is 18.2 Å². The van der Waals surface area contributed by atoms with Gasteiger partial charge in [-0.2, -0.15) is 0 Å². The van der Waals surface area contributed by atoms with E-state index in [4.69, 9.17) is 14.2 Å². The lowest BCUT2D eigenvalue weighted by Crippen LogP contribution is -2.26. The summed E-state index contributed by atoms with van der Waals surface area (Å²) in [5.74, 6) is -2.01. The van der Waals surface area contributed by atoms with Gasteiger partial charge in [-0.05, 0) is 35.4 Å². The Bertz CT molecular complexity index is 1210. The van der Waals surface area contributed by atoms with Crippen LogP contribution in [0, 0.1) is 5.82 Å². The standard InChI is InChI=1S/C23H19FN2O6/c1-25-22(27)21-20-15(23(28)29)10-19(26-17(20)11-31-21)32-18-7-6-13(9-16(18)24)12-4-3-5-14(8-12)30-2/h3-10,21H,11H2,1-2H3,(H,25,27)(H,28,29). The number of pyridine rings is 1. The van der Waals surface area contributed by atoms with Gasteiger partial charge < -0.3 is 24.6 Å². The van der Waals surface area contributed by atoms with Crippen LogP contribution in [0.25, 0.3) is 11.1 Å². The van der Waals surface area contributed by atoms with Crippen molar-refractivity contribution in [3.05, 3.63) is 71.2 Å². The van der Waals surface area contributed by atoms with Crippen LogP contribution in [0.5, 0.6) is 17.4 Å². The van der Waals surface area contributed by atoms with Gasteiger partial charge in [0.1, 0.15) is 5.75 Å². The molecule has 32 heavy (non-hydrogen) atoms. The highest BCUT2D eigenvalue weighted by molar-refractivity contribution is 5.94. The molecule has 2 heterocycles. The molecule has 3 aromatic rings. The minimum Gasteiger partial charge on any atom is -0.497 e. The first-order valence-electron chi connectivity index (χ1n) is 9.63. The number of methoxy groups -OCH3 is 1. The molecular weight excluding hydrogens is 419 g/mol. The molecule has 1 aliphatic rings. The summed E-state index contributed by atoms with van der Waals surface area (Å²) >= 11 is 0. The highest BCUT2D eigenvalue weighted by Gasteiger charge is 2.35. The van der Waals surface area contributed by atoms with Crippen molar-refractivity contribution < 1.29 is 33.3 Å². The number of halogens is 1. The molecule has 0 saturated heterocycles. The van der Waals surface area contributed by atoms with Crippen molar-refractivity contribution in [2.75, 3.05) is 14.2 Å². The average Bonchev–Trinajstić information content (AvgIpc) is 3.23. The minimum atomic E-state index is -1.28. The van der Waals surface area contributed by atoms with E-state index in [0.29, 0.717) is 11.3 Å². The second-order valence-corrected chi connectivity index (χ2v) is 6.96. The molecule has 0 aliphatic carbocycles. The van der Waals surface area contributed by atoms with Crippen LogP contribution in [0.4, 0.5) is 4.39 Å². The highest BCUT2D eigenvalue weighted by atomic mass is 19.1. The van der Waals surface area contributed by atoms with Crippen LogP contribution in [0.15, 0.2) is 48.5 Å². The summed E-state index contributed by atoms with van der Waals surface area (Å²) in [6, 6.07) is 12.7. The lowest BCUT2D eigenvalue weighted by atomic mass is 10.0. The zero-order valence-electron chi connectivity index (χ0n) is 17.2. The number of likely N-dealkylation sites (N-methyl/N-ethyl adjacent to an activating group) is 1. The smallest absolute Gasteiger partial charge is 0.336 e. The molecule has 1 aromatic heterocycles. The van der Waals surface area contributed by atoms with Gasteiger partial charge in [0.05, 0.1) is 25.0 Å². The number of aromatic nitrogens is 1. The summed E-state index contributed by atoms with van der Waals surface area (Å²) in [7, 11) is 2.97. The van der Waals surface area contributed by atoms with Crippen molar-refractivity contribution in [2.24, 2.45) is 0 Å². The number of carbonyl (C=O) groups is 2. The first-order chi connectivity index (χ1) is 15.4. The third-order valence-corrected chi connectivity index (χ3v) is 5.03. The third kappa shape index (κ3) is 3.97. The third-order valence-electron chi connectivity index (χ3n) is 5.03. The number of hydrogen-bond donors (Lipinski definition) is 2. The number of nitrogens with zero attached hydrogens (tertiary/aromatic N) is 1. The number of aromatic carboxylic acids is 1. The van der Waals surface area contributed by atoms with Crippen molar-refractivity contribution in [2.45, 2.75) is 12.7 Å². The Morgan fingerprint density at radius 3 is 2.66 bits per heavy atom. The van der Waals surface area contributed by atoms with E-state index in [-0.39, 0.29) is 35.1 Å². The first kappa shape index (κ1) is 21.3. The Hall–Kier alpha value is -3.98. The zero-order valence-corrected chi connectivity index (χ0v) is 17.2. The summed E-state index contributed by atoms with van der Waals surface area (Å²) in [4.78, 5) is 28.0. The van der Waals surface area contributed by atoms with Crippen LogP contribution in [0.3, 0.4) is 0 Å². The molecule has 8 nitrogen and oxygen atoms in total. The number of benzene rings is 2. The van der Waals surface area contributed by atoms with Crippen molar-refractivity contribution in [1.29, 1.82) is 0 Å². The molecule has 2 N–H and O–H groups in total. The summed E-state index contributed by atoms with van der Waals surface area (Å²) < 4.78 is 30.9. The summed E-state index contributed by atoms with van der Waals surface area (Å²) in [5.41, 5.74) is 1.60. The van der Waals surface area contributed by atoms with Crippen molar-refractivity contribution in [1.82, 2.24) is 10.3 Å². The van der Waals surface area contributed by atoms with Crippen molar-refractivity contribution in [3.63, 3.8) is 0 Å². The number of rotatable bonds is 6. The van der Waals surface area contributed by atoms with E-state index in [9.17, 15) is 19.1 Å². The van der Waals surface area contributed by atoms with Gasteiger partial charge in [-0.15, -0.1) is 0 Å². The molecule has 1 atom stereocenters. The van der Waals surface area contributed by atoms with E-state index >= 15 is 0 Å². The molecule has 4 rings (SSSR count). The number of carboxylic acid groups (broad SMARTS) is 1. The topological polar surface area (TPSA) is 107 Å². The maximum Gasteiger partial charge on any atom is 0.336 e. The monoisotopic (exact) mass is 438 g/mol. The highest BCUT2D eigenvalue weighted by Crippen LogP contribution is 2.36. The fraction of sp³-hybridized carbons (Fsp3) is 0.174. The Kier molecular flexibility index (Phi) is 5.74. The van der Waals surface area contributed by atoms with Crippen LogP contribution in [0.2, 0.25) is 0 Å². The minimum absolute atomic E-state index is 0.0673. The van der Waals surface area contributed by atoms with Crippen LogP contribution in [-0.2, 0) is 16.1 Å². The second kappa shape index (κ2) is 8.64. The first-order valence-corrected chi connectivity index (χ1v) is 9.63. The molecule has 0 spiro atoms. The van der Waals surface area contributed by atoms with E-state index in [1.807, 2.05) is 6.07 Å². The van der Waals surface area contributed by atoms with Gasteiger partial charge in [-0.25, -0.2) is 14.2 Å². The van der Waals surface area contributed by atoms with E-state index < -0.39 is 23.8 Å². The Morgan fingerprint density at radius 2 is 1.97 bits per heavy atom. The van der Waals surface area contributed by atoms with Gasteiger partial charge in [-0.3, -0.25) is 4.79 Å². The van der Waals surface area contributed by atoms with Crippen molar-refractivity contribution >= 4 is 11.9 Å². The van der Waals surface area contributed by atoms with Crippen LogP contribution in [0.1, 0.15) is 27.7 Å². The number of ether oxygens (including phenoxy) is 3. The summed E-state index contributed by atoms with van der Waals surface area (Å²) in [5, 5.41) is 12.0. The van der Waals surface area contributed by atoms with Crippen LogP contribution >= 0.6 is 0 Å². The fourth-order valence-electron chi connectivity index (χ4n) is 3.48. The van der Waals surface area contributed by atoms with Gasteiger partial charge >= 0.3 is 5.97 Å². The molecule has 1 aliphatic heterocycles. The maximum absolute atomic E-state index is 14.8. The molecule has 2 aromatic carbocycles. The van der Waals surface area contributed by atoms with E-state index in [1.165, 1.54) is 19.2 Å². The average molecular weight is 438 g/mol. The van der Waals surface area contributed by atoms with Crippen LogP contribution in [-0.4, -0.2) is 36.1 Å². The molecule has 0 fully saturated rings. The number of carboxylic acids is 1. The SMILES string of the molecule is CNC(=O)C1OCc2nc(Oc3ccc(-c4cccc(OC)c4)cc3F)cc(C(=O)O)c21. The molecule has 1 unspecified atom stereocenters. The van der Waals surface area contributed by atoms with Crippen LogP contribution < -0.4 is 14.8 Å². The Balaban J connectivity index is 1.65. The number of carbonyl (C=O) groups excluding carboxylic acids is 1. The number of fused-ring (bicyclic) bond motifs is 1. The lowest BCUT2D eigenvalue weighted by molar-refractivity contribution is -0.131. The zero-order chi connectivity index (χ0) is 22.8. The van der Waals surface area contributed by atoms with E-state index in [1.54, 1.807) is 31.4 Å². The predicted molar refractivity (Wildman–Crippen MR) is 111 cm³/mol. The fourth-order valence-corrected chi connectivity index (χ4v) is 3.48. The normalized spacial score (nSPS) is 14.5. The lowest BCUT2D eigenvalue weighted by Gasteiger charge is -2.13. The van der Waals surface area contributed by atoms with Crippen molar-refractivity contribution in [3.8, 4) is 28.5 Å². The molecule has 1 amide bonds. The van der Waals surface area contributed by atoms with E-state index in [0.717, 1.165) is 11.6 Å². The largest absolute Gasteiger partial charge is 0.497 e. The quantitative estimate of drug-likeness (QED) is 0.604. The van der Waals surface area contributed by atoms with Gasteiger partial charge in [0.2, 0.25) is 5.88 Å². The maximum atomic E-state index is 14.8. The van der Waals surface area contributed by atoms with Gasteiger partial charge in [0.25, 0.3) is 5.91 Å². The molecule has 0 saturated carbocycles. The second-order valence-electron chi connectivity index (χ2n) is 6.96. The summed E-state index contributed by atoms with van der Waals surface area (Å²) in [6.07, 6.45) is -1.08. The summed E-state index contributed by atoms with van der Waals surface area (Å²) in [6.45, 7) is -0.0673. The molecule has 0 bridgehead atoms. The Morgan fingerprint density at radius 1 is 1.19 bits per heavy atom. The predicted octanol–water partition coefficient (Wildman–Crippen LogP) is 3.70. The van der Waals surface area contributed by atoms with Gasteiger partial charge in [0, 0.05) is 18.7 Å². The molecule has 164 valence electrons. The number of nitrogens with one attached hydrogen (secondary N) is 1.